The molecule has 9 nitrogen and oxygen atoms in total. The molecule has 0 bridgehead atoms. The van der Waals surface area contributed by atoms with Crippen LogP contribution < -0.4 is 16.8 Å². The Morgan fingerprint density at radius 1 is 1.45 bits per heavy atom. The highest BCUT2D eigenvalue weighted by Crippen LogP contribution is 2.13. The lowest BCUT2D eigenvalue weighted by Crippen LogP contribution is -2.31. The molecule has 104 valence electrons. The van der Waals surface area contributed by atoms with Gasteiger partial charge in [0.1, 0.15) is 0 Å². The number of hydrazine groups is 1. The molecule has 0 spiro atoms. The number of nitro groups is 1. The zero-order valence-corrected chi connectivity index (χ0v) is 10.1. The van der Waals surface area contributed by atoms with E-state index >= 15 is 0 Å². The van der Waals surface area contributed by atoms with Crippen molar-refractivity contribution in [1.29, 1.82) is 0 Å². The summed E-state index contributed by atoms with van der Waals surface area (Å²) in [5, 5.41) is 10.7. The summed E-state index contributed by atoms with van der Waals surface area (Å²) in [5.41, 5.74) is 1.64. The van der Waals surface area contributed by atoms with Gasteiger partial charge in [0.2, 0.25) is 0 Å². The topological polar surface area (TPSA) is 133 Å². The van der Waals surface area contributed by atoms with Crippen molar-refractivity contribution in [2.45, 2.75) is 6.54 Å². The van der Waals surface area contributed by atoms with Crippen LogP contribution in [0.2, 0.25) is 0 Å². The molecule has 2 aromatic heterocycles. The van der Waals surface area contributed by atoms with Crippen LogP contribution in [0.25, 0.3) is 0 Å². The standard InChI is InChI=1S/C11H10N4O5/c12-13-11(17)10-7(3-4-20-10)5-14-6-8(15(18)19)1-2-9(14)16/h1-4,6H,5,12H2,(H,13,17). The molecule has 9 heteroatoms. The molecule has 0 aromatic carbocycles. The van der Waals surface area contributed by atoms with E-state index in [2.05, 4.69) is 0 Å². The van der Waals surface area contributed by atoms with Gasteiger partial charge in [-0.1, -0.05) is 0 Å². The fourth-order valence-corrected chi connectivity index (χ4v) is 1.66. The van der Waals surface area contributed by atoms with Crippen LogP contribution in [0.3, 0.4) is 0 Å². The number of carbonyl (C=O) groups is 1. The first-order chi connectivity index (χ1) is 9.52. The fraction of sp³-hybridized carbons (Fsp3) is 0.0909. The molecule has 0 saturated heterocycles. The zero-order chi connectivity index (χ0) is 14.7. The third-order valence-electron chi connectivity index (χ3n) is 2.60. The van der Waals surface area contributed by atoms with Crippen molar-refractivity contribution in [3.05, 3.63) is 62.5 Å². The molecular weight excluding hydrogens is 268 g/mol. The maximum atomic E-state index is 11.7. The first kappa shape index (κ1) is 13.5. The number of amides is 1. The number of hydrogen-bond acceptors (Lipinski definition) is 6. The van der Waals surface area contributed by atoms with Gasteiger partial charge >= 0.3 is 5.91 Å². The van der Waals surface area contributed by atoms with Crippen LogP contribution in [0.1, 0.15) is 16.1 Å². The van der Waals surface area contributed by atoms with E-state index in [0.29, 0.717) is 5.56 Å². The lowest BCUT2D eigenvalue weighted by molar-refractivity contribution is -0.385. The van der Waals surface area contributed by atoms with E-state index in [-0.39, 0.29) is 18.0 Å². The number of nitrogens with zero attached hydrogens (tertiary/aromatic N) is 2. The number of rotatable bonds is 4. The van der Waals surface area contributed by atoms with Crippen LogP contribution in [-0.2, 0) is 6.54 Å². The quantitative estimate of drug-likeness (QED) is 0.350. The van der Waals surface area contributed by atoms with E-state index in [1.165, 1.54) is 12.3 Å². The molecule has 2 aromatic rings. The Morgan fingerprint density at radius 3 is 2.85 bits per heavy atom. The summed E-state index contributed by atoms with van der Waals surface area (Å²) in [6, 6.07) is 3.68. The number of nitrogen functional groups attached to an aromatic ring is 1. The minimum Gasteiger partial charge on any atom is -0.459 e. The Morgan fingerprint density at radius 2 is 2.20 bits per heavy atom. The third-order valence-corrected chi connectivity index (χ3v) is 2.60. The first-order valence-corrected chi connectivity index (χ1v) is 5.45. The summed E-state index contributed by atoms with van der Waals surface area (Å²) in [4.78, 5) is 33.1. The Labute approximate surface area is 111 Å². The van der Waals surface area contributed by atoms with Crippen molar-refractivity contribution in [2.75, 3.05) is 0 Å². The lowest BCUT2D eigenvalue weighted by Gasteiger charge is -2.05. The van der Waals surface area contributed by atoms with Crippen molar-refractivity contribution in [3.63, 3.8) is 0 Å². The summed E-state index contributed by atoms with van der Waals surface area (Å²) in [6.45, 7) is -0.0419. The van der Waals surface area contributed by atoms with E-state index < -0.39 is 16.4 Å². The molecule has 0 atom stereocenters. The Bertz CT molecular complexity index is 718. The molecule has 0 aliphatic carbocycles. The smallest absolute Gasteiger partial charge is 0.301 e. The average Bonchev–Trinajstić information content (AvgIpc) is 2.88. The summed E-state index contributed by atoms with van der Waals surface area (Å²) < 4.78 is 6.07. The molecule has 0 fully saturated rings. The maximum Gasteiger partial charge on any atom is 0.301 e. The molecule has 0 unspecified atom stereocenters. The second-order valence-electron chi connectivity index (χ2n) is 3.86. The van der Waals surface area contributed by atoms with E-state index in [4.69, 9.17) is 10.3 Å². The van der Waals surface area contributed by atoms with Gasteiger partial charge in [0.15, 0.2) is 5.76 Å². The number of hydrogen-bond donors (Lipinski definition) is 2. The maximum absolute atomic E-state index is 11.7. The molecular formula is C11H10N4O5. The number of aromatic nitrogens is 1. The van der Waals surface area contributed by atoms with E-state index in [0.717, 1.165) is 22.9 Å². The number of nitrogens with one attached hydrogen (secondary N) is 1. The van der Waals surface area contributed by atoms with E-state index in [9.17, 15) is 19.7 Å². The molecule has 20 heavy (non-hydrogen) atoms. The monoisotopic (exact) mass is 278 g/mol. The van der Waals surface area contributed by atoms with Gasteiger partial charge in [-0.2, -0.15) is 0 Å². The number of carbonyl (C=O) groups excluding carboxylic acids is 1. The first-order valence-electron chi connectivity index (χ1n) is 5.45. The van der Waals surface area contributed by atoms with Crippen LogP contribution in [-0.4, -0.2) is 15.4 Å². The Kier molecular flexibility index (Phi) is 3.62. The van der Waals surface area contributed by atoms with Crippen LogP contribution >= 0.6 is 0 Å². The second-order valence-corrected chi connectivity index (χ2v) is 3.86. The van der Waals surface area contributed by atoms with Gasteiger partial charge < -0.3 is 8.98 Å². The molecule has 0 aliphatic rings. The summed E-state index contributed by atoms with van der Waals surface area (Å²) >= 11 is 0. The Balaban J connectivity index is 2.38. The summed E-state index contributed by atoms with van der Waals surface area (Å²) in [5.74, 6) is 4.30. The van der Waals surface area contributed by atoms with Gasteiger partial charge in [-0.05, 0) is 6.07 Å². The van der Waals surface area contributed by atoms with Crippen molar-refractivity contribution in [1.82, 2.24) is 9.99 Å². The predicted octanol–water partition coefficient (Wildman–Crippen LogP) is 0.00130. The molecule has 1 amide bonds. The van der Waals surface area contributed by atoms with Gasteiger partial charge in [0.05, 0.1) is 23.9 Å². The minimum atomic E-state index is -0.650. The van der Waals surface area contributed by atoms with Crippen molar-refractivity contribution in [3.8, 4) is 0 Å². The van der Waals surface area contributed by atoms with Gasteiger partial charge in [0, 0.05) is 17.7 Å². The van der Waals surface area contributed by atoms with Crippen LogP contribution in [0, 0.1) is 10.1 Å². The van der Waals surface area contributed by atoms with Crippen molar-refractivity contribution in [2.24, 2.45) is 5.84 Å². The third kappa shape index (κ3) is 2.57. The fourth-order valence-electron chi connectivity index (χ4n) is 1.66. The van der Waals surface area contributed by atoms with Gasteiger partial charge in [-0.3, -0.25) is 25.1 Å². The highest BCUT2D eigenvalue weighted by Gasteiger charge is 2.16. The van der Waals surface area contributed by atoms with Crippen LogP contribution in [0.5, 0.6) is 0 Å². The number of pyridine rings is 1. The van der Waals surface area contributed by atoms with Gasteiger partial charge in [0.25, 0.3) is 11.2 Å². The summed E-state index contributed by atoms with van der Waals surface area (Å²) in [6.07, 6.45) is 2.36. The lowest BCUT2D eigenvalue weighted by atomic mass is 10.2. The Hall–Kier alpha value is -2.94. The van der Waals surface area contributed by atoms with Crippen molar-refractivity contribution >= 4 is 11.6 Å². The molecule has 0 aliphatic heterocycles. The summed E-state index contributed by atoms with van der Waals surface area (Å²) in [7, 11) is 0. The average molecular weight is 278 g/mol. The van der Waals surface area contributed by atoms with Crippen LogP contribution in [0.4, 0.5) is 5.69 Å². The van der Waals surface area contributed by atoms with Crippen molar-refractivity contribution < 1.29 is 14.1 Å². The highest BCUT2D eigenvalue weighted by molar-refractivity contribution is 5.92. The van der Waals surface area contributed by atoms with Gasteiger partial charge in [-0.15, -0.1) is 0 Å². The molecule has 0 radical (unpaired) electrons. The zero-order valence-electron chi connectivity index (χ0n) is 10.1. The molecule has 3 N–H and O–H groups in total. The van der Waals surface area contributed by atoms with Gasteiger partial charge in [-0.25, -0.2) is 5.84 Å². The minimum absolute atomic E-state index is 0.0419. The predicted molar refractivity (Wildman–Crippen MR) is 66.8 cm³/mol. The second kappa shape index (κ2) is 5.36. The van der Waals surface area contributed by atoms with Crippen LogP contribution in [0.15, 0.2) is 39.9 Å². The number of furan rings is 1. The van der Waals surface area contributed by atoms with E-state index in [1.807, 2.05) is 5.43 Å². The number of nitrogens with two attached hydrogens (primary N) is 1. The highest BCUT2D eigenvalue weighted by atomic mass is 16.6. The molecule has 2 rings (SSSR count). The largest absolute Gasteiger partial charge is 0.459 e. The normalized spacial score (nSPS) is 10.2. The molecule has 0 saturated carbocycles. The SMILES string of the molecule is NNC(=O)c1occc1Cn1cc([N+](=O)[O-])ccc1=O. The molecule has 2 heterocycles. The van der Waals surface area contributed by atoms with E-state index in [1.54, 1.807) is 0 Å².